The van der Waals surface area contributed by atoms with E-state index in [-0.39, 0.29) is 21.9 Å². The first-order chi connectivity index (χ1) is 15.2. The maximum absolute atomic E-state index is 12.6. The molecule has 1 heterocycles. The molecule has 32 heavy (non-hydrogen) atoms. The molecule has 2 aromatic carbocycles. The lowest BCUT2D eigenvalue weighted by molar-refractivity contribution is 0.0977. The Bertz CT molecular complexity index is 1220. The number of nitrogens with zero attached hydrogens (tertiary/aromatic N) is 2. The molecule has 0 bridgehead atoms. The van der Waals surface area contributed by atoms with Crippen LogP contribution in [0.15, 0.2) is 59.5 Å². The number of carbonyl (C=O) groups is 1. The average Bonchev–Trinajstić information content (AvgIpc) is 2.73. The highest BCUT2D eigenvalue weighted by Gasteiger charge is 2.16. The molecular weight excluding hydrogens is 446 g/mol. The van der Waals surface area contributed by atoms with Crippen molar-refractivity contribution in [1.29, 1.82) is 0 Å². The van der Waals surface area contributed by atoms with Gasteiger partial charge in [-0.1, -0.05) is 19.1 Å². The van der Waals surface area contributed by atoms with Crippen LogP contribution in [0.2, 0.25) is 0 Å². The number of carbonyl (C=O) groups excluding carboxylic acids is 1. The lowest BCUT2D eigenvalue weighted by atomic mass is 10.1. The van der Waals surface area contributed by atoms with Crippen LogP contribution in [0.1, 0.15) is 34.2 Å². The minimum Gasteiger partial charge on any atom is -0.332 e. The van der Waals surface area contributed by atoms with Crippen LogP contribution in [0.5, 0.6) is 0 Å². The van der Waals surface area contributed by atoms with Gasteiger partial charge in [0.05, 0.1) is 4.90 Å². The second-order valence-electron chi connectivity index (χ2n) is 7.06. The van der Waals surface area contributed by atoms with Gasteiger partial charge in [0.2, 0.25) is 5.95 Å². The van der Waals surface area contributed by atoms with Crippen molar-refractivity contribution in [3.63, 3.8) is 0 Å². The quantitative estimate of drug-likeness (QED) is 0.473. The highest BCUT2D eigenvalue weighted by Crippen LogP contribution is 2.17. The molecule has 0 radical (unpaired) electrons. The molecule has 0 fully saturated rings. The van der Waals surface area contributed by atoms with Gasteiger partial charge in [0.15, 0.2) is 5.11 Å². The van der Waals surface area contributed by atoms with Crippen LogP contribution < -0.4 is 15.4 Å². The highest BCUT2D eigenvalue weighted by molar-refractivity contribution is 7.92. The number of benzene rings is 2. The first kappa shape index (κ1) is 23.3. The lowest BCUT2D eigenvalue weighted by Crippen LogP contribution is -2.34. The van der Waals surface area contributed by atoms with Crippen LogP contribution in [0.25, 0.3) is 0 Å². The van der Waals surface area contributed by atoms with Crippen molar-refractivity contribution in [3.05, 3.63) is 77.1 Å². The number of anilines is 2. The Kier molecular flexibility index (Phi) is 7.16. The number of nitrogens with one attached hydrogen (secondary N) is 3. The number of amides is 1. The molecule has 0 aliphatic carbocycles. The summed E-state index contributed by atoms with van der Waals surface area (Å²) >= 11 is 5.19. The number of thiocarbonyl (C=S) groups is 1. The Hall–Kier alpha value is -3.37. The van der Waals surface area contributed by atoms with Gasteiger partial charge in [-0.25, -0.2) is 23.1 Å². The zero-order chi connectivity index (χ0) is 23.3. The summed E-state index contributed by atoms with van der Waals surface area (Å²) in [4.78, 5) is 20.5. The predicted octanol–water partition coefficient (Wildman–Crippen LogP) is 3.58. The molecule has 0 spiro atoms. The third-order valence-electron chi connectivity index (χ3n) is 4.48. The maximum atomic E-state index is 12.6. The predicted molar refractivity (Wildman–Crippen MR) is 128 cm³/mol. The number of hydrogen-bond donors (Lipinski definition) is 3. The number of aryl methyl sites for hydroxylation is 3. The van der Waals surface area contributed by atoms with Gasteiger partial charge in [-0.3, -0.25) is 10.1 Å². The van der Waals surface area contributed by atoms with Crippen molar-refractivity contribution in [2.45, 2.75) is 32.1 Å². The molecule has 0 saturated heterocycles. The van der Waals surface area contributed by atoms with Gasteiger partial charge >= 0.3 is 0 Å². The lowest BCUT2D eigenvalue weighted by Gasteiger charge is -2.11. The van der Waals surface area contributed by atoms with Gasteiger partial charge in [-0.05, 0) is 80.5 Å². The summed E-state index contributed by atoms with van der Waals surface area (Å²) in [6.45, 7) is 5.56. The summed E-state index contributed by atoms with van der Waals surface area (Å²) in [7, 11) is -3.86. The van der Waals surface area contributed by atoms with E-state index in [4.69, 9.17) is 12.2 Å². The Morgan fingerprint density at radius 1 is 0.969 bits per heavy atom. The van der Waals surface area contributed by atoms with E-state index in [1.54, 1.807) is 44.2 Å². The van der Waals surface area contributed by atoms with E-state index in [0.717, 1.165) is 12.0 Å². The van der Waals surface area contributed by atoms with Crippen molar-refractivity contribution in [1.82, 2.24) is 15.3 Å². The Morgan fingerprint density at radius 3 is 2.12 bits per heavy atom. The second-order valence-corrected chi connectivity index (χ2v) is 9.15. The fourth-order valence-electron chi connectivity index (χ4n) is 2.90. The number of rotatable bonds is 6. The Labute approximate surface area is 192 Å². The van der Waals surface area contributed by atoms with E-state index in [1.165, 1.54) is 12.1 Å². The molecule has 0 aliphatic rings. The first-order valence-corrected chi connectivity index (χ1v) is 11.7. The van der Waals surface area contributed by atoms with Crippen molar-refractivity contribution < 1.29 is 13.2 Å². The van der Waals surface area contributed by atoms with Gasteiger partial charge in [-0.15, -0.1) is 0 Å². The number of sulfonamides is 1. The molecular formula is C22H23N5O3S2. The van der Waals surface area contributed by atoms with E-state index in [2.05, 4.69) is 25.3 Å². The van der Waals surface area contributed by atoms with E-state index < -0.39 is 10.0 Å². The minimum absolute atomic E-state index is 0.0144. The minimum atomic E-state index is -3.86. The average molecular weight is 470 g/mol. The summed E-state index contributed by atoms with van der Waals surface area (Å²) in [6, 6.07) is 14.9. The molecule has 1 aromatic heterocycles. The molecule has 10 heteroatoms. The van der Waals surface area contributed by atoms with Gasteiger partial charge in [0.1, 0.15) is 0 Å². The smallest absolute Gasteiger partial charge is 0.264 e. The number of aromatic nitrogens is 2. The fourth-order valence-corrected chi connectivity index (χ4v) is 4.05. The van der Waals surface area contributed by atoms with Crippen LogP contribution in [0, 0.1) is 13.8 Å². The van der Waals surface area contributed by atoms with Gasteiger partial charge in [0.25, 0.3) is 15.9 Å². The van der Waals surface area contributed by atoms with Gasteiger partial charge in [0, 0.05) is 22.6 Å². The zero-order valence-corrected chi connectivity index (χ0v) is 19.5. The third kappa shape index (κ3) is 6.08. The zero-order valence-electron chi connectivity index (χ0n) is 17.8. The fraction of sp³-hybridized carbons (Fsp3) is 0.182. The van der Waals surface area contributed by atoms with Gasteiger partial charge in [-0.2, -0.15) is 0 Å². The summed E-state index contributed by atoms with van der Waals surface area (Å²) in [5.41, 5.74) is 3.47. The normalized spacial score (nSPS) is 11.0. The van der Waals surface area contributed by atoms with E-state index >= 15 is 0 Å². The molecule has 3 N–H and O–H groups in total. The molecule has 0 atom stereocenters. The molecule has 0 aliphatic heterocycles. The van der Waals surface area contributed by atoms with Crippen molar-refractivity contribution >= 4 is 44.9 Å². The van der Waals surface area contributed by atoms with Crippen LogP contribution in [0.4, 0.5) is 11.6 Å². The van der Waals surface area contributed by atoms with Crippen LogP contribution in [-0.2, 0) is 16.4 Å². The summed E-state index contributed by atoms with van der Waals surface area (Å²) in [5.74, 6) is -0.317. The van der Waals surface area contributed by atoms with E-state index in [0.29, 0.717) is 22.6 Å². The van der Waals surface area contributed by atoms with Crippen molar-refractivity contribution in [3.8, 4) is 0 Å². The second kappa shape index (κ2) is 9.84. The largest absolute Gasteiger partial charge is 0.332 e. The summed E-state index contributed by atoms with van der Waals surface area (Å²) in [5, 5.41) is 5.58. The molecule has 3 rings (SSSR count). The Balaban J connectivity index is 1.63. The Morgan fingerprint density at radius 2 is 1.56 bits per heavy atom. The molecule has 1 amide bonds. The van der Waals surface area contributed by atoms with E-state index in [1.807, 2.05) is 19.1 Å². The molecule has 8 nitrogen and oxygen atoms in total. The van der Waals surface area contributed by atoms with Crippen molar-refractivity contribution in [2.24, 2.45) is 0 Å². The first-order valence-electron chi connectivity index (χ1n) is 9.83. The molecule has 3 aromatic rings. The van der Waals surface area contributed by atoms with Crippen LogP contribution in [0.3, 0.4) is 0 Å². The highest BCUT2D eigenvalue weighted by atomic mass is 32.2. The standard InChI is InChI=1S/C22H23N5O3S2/c1-4-16-5-7-17(8-6-16)20(28)26-22(31)25-18-9-11-19(12-10-18)32(29,30)27-21-23-14(2)13-15(3)24-21/h5-13H,4H2,1-3H3,(H,23,24,27)(H2,25,26,28,31). The third-order valence-corrected chi connectivity index (χ3v) is 6.03. The summed E-state index contributed by atoms with van der Waals surface area (Å²) in [6.07, 6.45) is 0.890. The van der Waals surface area contributed by atoms with Crippen molar-refractivity contribution in [2.75, 3.05) is 10.0 Å². The topological polar surface area (TPSA) is 113 Å². The van der Waals surface area contributed by atoms with E-state index in [9.17, 15) is 13.2 Å². The molecule has 0 unspecified atom stereocenters. The van der Waals surface area contributed by atoms with Crippen LogP contribution >= 0.6 is 12.2 Å². The number of hydrogen-bond acceptors (Lipinski definition) is 6. The maximum Gasteiger partial charge on any atom is 0.264 e. The molecule has 166 valence electrons. The van der Waals surface area contributed by atoms with Gasteiger partial charge < -0.3 is 5.32 Å². The van der Waals surface area contributed by atoms with Crippen LogP contribution in [-0.4, -0.2) is 29.4 Å². The molecule has 0 saturated carbocycles. The summed E-state index contributed by atoms with van der Waals surface area (Å²) < 4.78 is 27.6. The monoisotopic (exact) mass is 469 g/mol. The SMILES string of the molecule is CCc1ccc(C(=O)NC(=S)Nc2ccc(S(=O)(=O)Nc3nc(C)cc(C)n3)cc2)cc1.